The maximum Gasteiger partial charge on any atom is 0.309 e. The van der Waals surface area contributed by atoms with Gasteiger partial charge in [0, 0.05) is 28.6 Å². The van der Waals surface area contributed by atoms with E-state index in [-0.39, 0.29) is 24.8 Å². The first-order chi connectivity index (χ1) is 21.6. The van der Waals surface area contributed by atoms with Gasteiger partial charge in [0.05, 0.1) is 30.1 Å². The molecule has 2 heterocycles. The summed E-state index contributed by atoms with van der Waals surface area (Å²) in [6.07, 6.45) is -2.95. The molecule has 0 aromatic carbocycles. The highest BCUT2D eigenvalue weighted by Crippen LogP contribution is 2.84. The van der Waals surface area contributed by atoms with Crippen LogP contribution in [0.2, 0.25) is 0 Å². The standard InChI is InChI=1S/C34H44O13/c1-16(2)24(39)46-26-29(6)15-32(42)30(7,19(29)12-21(35)36)31(41)10-9-28(5,23(38)18-8-11-44-14-18)20-13-22(37)45-27(33(20,31)43)34(26,32)47-25(40)17(3)4/h8,11,14,16-17,19-20,26-27,41-43H,9-10,12-13,15H2,1-7H3,(H,35,36)/t19?,20?,26?,27?,28?,29?,30?,31-,32?,33?,34?/m0/s1. The zero-order chi connectivity index (χ0) is 34.9. The molecule has 0 amide bonds. The lowest BCUT2D eigenvalue weighted by molar-refractivity contribution is -0.439. The summed E-state index contributed by atoms with van der Waals surface area (Å²) < 4.78 is 23.5. The van der Waals surface area contributed by atoms with Crippen LogP contribution in [0, 0.1) is 39.9 Å². The van der Waals surface area contributed by atoms with E-state index in [2.05, 4.69) is 0 Å². The van der Waals surface area contributed by atoms with Crippen LogP contribution in [0.15, 0.2) is 23.0 Å². The summed E-state index contributed by atoms with van der Waals surface area (Å²) in [5, 5.41) is 50.0. The van der Waals surface area contributed by atoms with Crippen molar-refractivity contribution in [1.82, 2.24) is 0 Å². The first-order valence-corrected chi connectivity index (χ1v) is 16.2. The SMILES string of the molecule is CC(C)C(=O)OC1C2(C)CC3(O)C1(OC(=O)C(C)C)C1OC(=O)CC4C(C)(C(=O)c5ccoc5)CC[C@@](O)(C41O)C3(C)C2CC(=O)O. The number of carboxylic acid groups (broad SMARTS) is 1. The number of aliphatic carboxylic acids is 1. The number of esters is 3. The van der Waals surface area contributed by atoms with E-state index in [4.69, 9.17) is 18.6 Å². The second kappa shape index (κ2) is 9.88. The predicted octanol–water partition coefficient (Wildman–Crippen LogP) is 2.43. The number of carbonyl (C=O) groups excluding carboxylic acids is 4. The molecule has 6 rings (SSSR count). The Morgan fingerprint density at radius 3 is 2.17 bits per heavy atom. The van der Waals surface area contributed by atoms with E-state index in [1.54, 1.807) is 27.7 Å². The van der Waals surface area contributed by atoms with Gasteiger partial charge in [0.1, 0.15) is 23.1 Å². The van der Waals surface area contributed by atoms with Gasteiger partial charge in [0.15, 0.2) is 18.0 Å². The fraction of sp³-hybridized carbons (Fsp3) is 0.735. The van der Waals surface area contributed by atoms with E-state index in [0.717, 1.165) is 0 Å². The minimum atomic E-state index is -2.61. The molecule has 1 saturated heterocycles. The maximum atomic E-state index is 14.2. The van der Waals surface area contributed by atoms with Gasteiger partial charge in [-0.3, -0.25) is 24.0 Å². The summed E-state index contributed by atoms with van der Waals surface area (Å²) in [7, 11) is 0. The molecule has 4 N–H and O–H groups in total. The Bertz CT molecular complexity index is 1550. The summed E-state index contributed by atoms with van der Waals surface area (Å²) in [6, 6.07) is 1.45. The molecule has 10 unspecified atom stereocenters. The van der Waals surface area contributed by atoms with Crippen LogP contribution in [-0.4, -0.2) is 84.7 Å². The average Bonchev–Trinajstić information content (AvgIpc) is 3.63. The maximum absolute atomic E-state index is 14.2. The summed E-state index contributed by atoms with van der Waals surface area (Å²) in [6.45, 7) is 10.8. The number of aliphatic hydroxyl groups is 3. The lowest BCUT2D eigenvalue weighted by Gasteiger charge is -2.77. The fourth-order valence-corrected chi connectivity index (χ4v) is 10.8. The van der Waals surface area contributed by atoms with Crippen LogP contribution >= 0.6 is 0 Å². The number of hydrogen-bond donors (Lipinski definition) is 4. The van der Waals surface area contributed by atoms with Crippen LogP contribution in [0.5, 0.6) is 0 Å². The Labute approximate surface area is 271 Å². The van der Waals surface area contributed by atoms with Crippen molar-refractivity contribution in [2.24, 2.45) is 39.9 Å². The number of rotatable bonds is 8. The molecule has 11 atom stereocenters. The normalized spacial score (nSPS) is 46.2. The van der Waals surface area contributed by atoms with Crippen molar-refractivity contribution in [3.63, 3.8) is 0 Å². The molecule has 47 heavy (non-hydrogen) atoms. The van der Waals surface area contributed by atoms with Crippen molar-refractivity contribution in [3.05, 3.63) is 24.2 Å². The van der Waals surface area contributed by atoms with Gasteiger partial charge in [-0.15, -0.1) is 0 Å². The highest BCUT2D eigenvalue weighted by atomic mass is 16.6. The molecule has 2 bridgehead atoms. The van der Waals surface area contributed by atoms with E-state index in [1.165, 1.54) is 39.4 Å². The number of ketones is 1. The van der Waals surface area contributed by atoms with Crippen LogP contribution in [-0.2, 0) is 33.4 Å². The smallest absolute Gasteiger partial charge is 0.309 e. The van der Waals surface area contributed by atoms with Gasteiger partial charge in [-0.05, 0) is 31.2 Å². The van der Waals surface area contributed by atoms with Gasteiger partial charge in [0.25, 0.3) is 0 Å². The topological polar surface area (TPSA) is 207 Å². The molecular formula is C34H44O13. The Balaban J connectivity index is 1.70. The number of ether oxygens (including phenoxy) is 3. The van der Waals surface area contributed by atoms with Crippen molar-refractivity contribution < 1.29 is 63.0 Å². The summed E-state index contributed by atoms with van der Waals surface area (Å²) in [5.41, 5.74) is -14.7. The van der Waals surface area contributed by atoms with Crippen molar-refractivity contribution in [3.8, 4) is 0 Å². The second-order valence-corrected chi connectivity index (χ2v) is 15.8. The van der Waals surface area contributed by atoms with Gasteiger partial charge in [-0.2, -0.15) is 0 Å². The molecule has 5 aliphatic rings. The minimum Gasteiger partial charge on any atom is -0.481 e. The molecule has 5 fully saturated rings. The van der Waals surface area contributed by atoms with Crippen LogP contribution in [0.3, 0.4) is 0 Å². The fourth-order valence-electron chi connectivity index (χ4n) is 10.8. The molecule has 1 aromatic rings. The third-order valence-corrected chi connectivity index (χ3v) is 13.0. The monoisotopic (exact) mass is 660 g/mol. The molecule has 1 aromatic heterocycles. The lowest BCUT2D eigenvalue weighted by atomic mass is 9.33. The van der Waals surface area contributed by atoms with Crippen LogP contribution in [0.25, 0.3) is 0 Å². The zero-order valence-electron chi connectivity index (χ0n) is 27.7. The summed E-state index contributed by atoms with van der Waals surface area (Å²) >= 11 is 0. The minimum absolute atomic E-state index is 0.0623. The van der Waals surface area contributed by atoms with Gasteiger partial charge >= 0.3 is 23.9 Å². The molecule has 0 spiro atoms. The van der Waals surface area contributed by atoms with Crippen molar-refractivity contribution in [2.45, 2.75) is 115 Å². The van der Waals surface area contributed by atoms with Gasteiger partial charge in [0.2, 0.25) is 5.60 Å². The van der Waals surface area contributed by atoms with Crippen molar-refractivity contribution in [2.75, 3.05) is 0 Å². The highest BCUT2D eigenvalue weighted by molar-refractivity contribution is 6.01. The molecule has 13 heteroatoms. The van der Waals surface area contributed by atoms with Crippen LogP contribution in [0.1, 0.15) is 90.9 Å². The number of carbonyl (C=O) groups is 5. The quantitative estimate of drug-likeness (QED) is 0.180. The molecule has 4 saturated carbocycles. The van der Waals surface area contributed by atoms with Gasteiger partial charge < -0.3 is 39.1 Å². The molecular weight excluding hydrogens is 616 g/mol. The Kier molecular flexibility index (Phi) is 7.07. The van der Waals surface area contributed by atoms with Crippen molar-refractivity contribution >= 4 is 29.7 Å². The highest BCUT2D eigenvalue weighted by Gasteiger charge is 2.99. The molecule has 4 aliphatic carbocycles. The largest absolute Gasteiger partial charge is 0.481 e. The van der Waals surface area contributed by atoms with Crippen LogP contribution < -0.4 is 0 Å². The summed E-state index contributed by atoms with van der Waals surface area (Å²) in [5.74, 6) is -8.35. The number of Topliss-reactive ketones (excluding diaryl/α,β-unsaturated/α-hetero) is 1. The lowest BCUT2D eigenvalue weighted by Crippen LogP contribution is -2.95. The molecule has 13 nitrogen and oxygen atoms in total. The van der Waals surface area contributed by atoms with Crippen molar-refractivity contribution in [1.29, 1.82) is 0 Å². The number of carboxylic acids is 1. The Hall–Kier alpha value is -3.29. The van der Waals surface area contributed by atoms with E-state index in [9.17, 15) is 44.4 Å². The molecule has 0 radical (unpaired) electrons. The summed E-state index contributed by atoms with van der Waals surface area (Å²) in [4.78, 5) is 67.5. The van der Waals surface area contributed by atoms with E-state index < -0.39 is 117 Å². The van der Waals surface area contributed by atoms with E-state index in [0.29, 0.717) is 0 Å². The number of hydrogen-bond acceptors (Lipinski definition) is 12. The van der Waals surface area contributed by atoms with Gasteiger partial charge in [-0.25, -0.2) is 0 Å². The number of fused-ring (bicyclic) bond motifs is 3. The number of furan rings is 1. The average molecular weight is 661 g/mol. The Morgan fingerprint density at radius 2 is 1.62 bits per heavy atom. The van der Waals surface area contributed by atoms with E-state index in [1.807, 2.05) is 0 Å². The first-order valence-electron chi connectivity index (χ1n) is 16.2. The van der Waals surface area contributed by atoms with E-state index >= 15 is 0 Å². The third kappa shape index (κ3) is 3.63. The first kappa shape index (κ1) is 33.6. The zero-order valence-corrected chi connectivity index (χ0v) is 27.7. The second-order valence-electron chi connectivity index (χ2n) is 15.8. The molecule has 1 aliphatic heterocycles. The Morgan fingerprint density at radius 1 is 0.979 bits per heavy atom. The predicted molar refractivity (Wildman–Crippen MR) is 158 cm³/mol. The third-order valence-electron chi connectivity index (χ3n) is 13.0. The van der Waals surface area contributed by atoms with Gasteiger partial charge in [-0.1, -0.05) is 48.5 Å². The van der Waals surface area contributed by atoms with Crippen LogP contribution in [0.4, 0.5) is 0 Å². The molecule has 258 valence electrons.